The van der Waals surface area contributed by atoms with E-state index < -0.39 is 5.97 Å². The molecule has 0 saturated heterocycles. The molecule has 0 aromatic heterocycles. The maximum absolute atomic E-state index is 10.2. The number of carbonyl (C=O) groups is 1. The van der Waals surface area contributed by atoms with Crippen LogP contribution in [0.3, 0.4) is 0 Å². The van der Waals surface area contributed by atoms with Gasteiger partial charge in [0.25, 0.3) is 0 Å². The Bertz CT molecular complexity index is 469. The van der Waals surface area contributed by atoms with Crippen molar-refractivity contribution in [3.8, 4) is 0 Å². The Balaban J connectivity index is 0.000000401. The summed E-state index contributed by atoms with van der Waals surface area (Å²) in [5.74, 6) is -0.742. The fourth-order valence-electron chi connectivity index (χ4n) is 1.74. The molecule has 0 atom stereocenters. The second kappa shape index (κ2) is 12.8. The molecule has 0 bridgehead atoms. The van der Waals surface area contributed by atoms with E-state index in [1.807, 2.05) is 36.4 Å². The van der Waals surface area contributed by atoms with E-state index in [0.717, 1.165) is 18.4 Å². The molecule has 122 valence electrons. The SMILES string of the molecule is CC(C)=CCC/C(C)=C/CO.O=C(O)CCc1ccccc1. The number of carboxylic acids is 1. The van der Waals surface area contributed by atoms with Crippen molar-refractivity contribution in [2.75, 3.05) is 6.61 Å². The summed E-state index contributed by atoms with van der Waals surface area (Å²) in [6, 6.07) is 9.62. The van der Waals surface area contributed by atoms with E-state index in [1.54, 1.807) is 0 Å². The summed E-state index contributed by atoms with van der Waals surface area (Å²) < 4.78 is 0. The summed E-state index contributed by atoms with van der Waals surface area (Å²) >= 11 is 0. The van der Waals surface area contributed by atoms with Gasteiger partial charge in [0.1, 0.15) is 0 Å². The van der Waals surface area contributed by atoms with Crippen LogP contribution in [0.15, 0.2) is 53.6 Å². The van der Waals surface area contributed by atoms with Gasteiger partial charge in [-0.2, -0.15) is 0 Å². The molecule has 0 spiro atoms. The first-order valence-electron chi connectivity index (χ1n) is 7.61. The second-order valence-corrected chi connectivity index (χ2v) is 5.43. The standard InChI is InChI=1S/C10H18O.C9H10O2/c1-9(2)5-4-6-10(3)7-8-11;10-9(11)7-6-8-4-2-1-3-5-8/h5,7,11H,4,6,8H2,1-3H3;1-5H,6-7H2,(H,10,11)/b10-7+;. The number of carboxylic acid groups (broad SMARTS) is 1. The van der Waals surface area contributed by atoms with E-state index in [-0.39, 0.29) is 13.0 Å². The highest BCUT2D eigenvalue weighted by Crippen LogP contribution is 2.05. The monoisotopic (exact) mass is 304 g/mol. The van der Waals surface area contributed by atoms with Crippen LogP contribution < -0.4 is 0 Å². The van der Waals surface area contributed by atoms with Gasteiger partial charge in [0, 0.05) is 6.42 Å². The summed E-state index contributed by atoms with van der Waals surface area (Å²) in [6.07, 6.45) is 7.06. The van der Waals surface area contributed by atoms with E-state index in [2.05, 4.69) is 26.8 Å². The van der Waals surface area contributed by atoms with Gasteiger partial charge in [-0.25, -0.2) is 0 Å². The maximum atomic E-state index is 10.2. The van der Waals surface area contributed by atoms with Gasteiger partial charge >= 0.3 is 5.97 Å². The van der Waals surface area contributed by atoms with Crippen molar-refractivity contribution in [3.63, 3.8) is 0 Å². The molecule has 22 heavy (non-hydrogen) atoms. The van der Waals surface area contributed by atoms with Crippen LogP contribution in [0.1, 0.15) is 45.6 Å². The molecule has 1 rings (SSSR count). The van der Waals surface area contributed by atoms with Crippen LogP contribution in [0.2, 0.25) is 0 Å². The Morgan fingerprint density at radius 2 is 1.68 bits per heavy atom. The number of hydrogen-bond acceptors (Lipinski definition) is 2. The molecule has 0 saturated carbocycles. The molecule has 0 aliphatic carbocycles. The first-order valence-corrected chi connectivity index (χ1v) is 7.61. The molecule has 0 amide bonds. The first kappa shape index (κ1) is 20.1. The van der Waals surface area contributed by atoms with Crippen molar-refractivity contribution in [3.05, 3.63) is 59.2 Å². The minimum absolute atomic E-state index is 0.167. The lowest BCUT2D eigenvalue weighted by Gasteiger charge is -1.96. The van der Waals surface area contributed by atoms with Crippen LogP contribution >= 0.6 is 0 Å². The van der Waals surface area contributed by atoms with Gasteiger partial charge in [-0.15, -0.1) is 0 Å². The zero-order valence-corrected chi connectivity index (χ0v) is 13.9. The van der Waals surface area contributed by atoms with Gasteiger partial charge in [-0.3, -0.25) is 4.79 Å². The minimum Gasteiger partial charge on any atom is -0.481 e. The van der Waals surface area contributed by atoms with E-state index in [4.69, 9.17) is 10.2 Å². The lowest BCUT2D eigenvalue weighted by Crippen LogP contribution is -1.96. The second-order valence-electron chi connectivity index (χ2n) is 5.43. The van der Waals surface area contributed by atoms with E-state index in [0.29, 0.717) is 6.42 Å². The summed E-state index contributed by atoms with van der Waals surface area (Å²) in [7, 11) is 0. The summed E-state index contributed by atoms with van der Waals surface area (Å²) in [6.45, 7) is 6.42. The molecule has 0 fully saturated rings. The molecule has 0 heterocycles. The zero-order chi connectivity index (χ0) is 16.8. The summed E-state index contributed by atoms with van der Waals surface area (Å²) in [5, 5.41) is 16.9. The number of benzene rings is 1. The van der Waals surface area contributed by atoms with Crippen LogP contribution in [0.25, 0.3) is 0 Å². The lowest BCUT2D eigenvalue weighted by molar-refractivity contribution is -0.136. The molecule has 0 unspecified atom stereocenters. The van der Waals surface area contributed by atoms with Crippen LogP contribution in [0.5, 0.6) is 0 Å². The summed E-state index contributed by atoms with van der Waals surface area (Å²) in [4.78, 5) is 10.2. The van der Waals surface area contributed by atoms with E-state index in [1.165, 1.54) is 11.1 Å². The van der Waals surface area contributed by atoms with Crippen molar-refractivity contribution in [2.24, 2.45) is 0 Å². The zero-order valence-electron chi connectivity index (χ0n) is 13.9. The predicted molar refractivity (Wildman–Crippen MR) is 91.9 cm³/mol. The Kier molecular flexibility index (Phi) is 11.7. The average molecular weight is 304 g/mol. The van der Waals surface area contributed by atoms with Crippen molar-refractivity contribution >= 4 is 5.97 Å². The molecular weight excluding hydrogens is 276 g/mol. The largest absolute Gasteiger partial charge is 0.481 e. The molecule has 2 N–H and O–H groups in total. The highest BCUT2D eigenvalue weighted by molar-refractivity contribution is 5.67. The van der Waals surface area contributed by atoms with Crippen LogP contribution in [-0.4, -0.2) is 22.8 Å². The fraction of sp³-hybridized carbons (Fsp3) is 0.421. The van der Waals surface area contributed by atoms with Gasteiger partial charge in [0.05, 0.1) is 6.61 Å². The Morgan fingerprint density at radius 3 is 2.18 bits per heavy atom. The fourth-order valence-corrected chi connectivity index (χ4v) is 1.74. The number of aryl methyl sites for hydroxylation is 1. The number of aliphatic carboxylic acids is 1. The van der Waals surface area contributed by atoms with Gasteiger partial charge < -0.3 is 10.2 Å². The third kappa shape index (κ3) is 13.1. The quantitative estimate of drug-likeness (QED) is 0.735. The maximum Gasteiger partial charge on any atom is 0.303 e. The molecule has 0 aliphatic rings. The van der Waals surface area contributed by atoms with E-state index >= 15 is 0 Å². The Morgan fingerprint density at radius 1 is 1.05 bits per heavy atom. The smallest absolute Gasteiger partial charge is 0.303 e. The van der Waals surface area contributed by atoms with E-state index in [9.17, 15) is 4.79 Å². The minimum atomic E-state index is -0.742. The number of allylic oxidation sites excluding steroid dienone is 3. The van der Waals surface area contributed by atoms with Crippen LogP contribution in [0.4, 0.5) is 0 Å². The molecule has 3 nitrogen and oxygen atoms in total. The highest BCUT2D eigenvalue weighted by atomic mass is 16.4. The number of hydrogen-bond donors (Lipinski definition) is 2. The van der Waals surface area contributed by atoms with Gasteiger partial charge in [-0.05, 0) is 45.6 Å². The third-order valence-corrected chi connectivity index (χ3v) is 3.00. The normalized spacial score (nSPS) is 10.5. The van der Waals surface area contributed by atoms with Crippen molar-refractivity contribution in [2.45, 2.75) is 46.5 Å². The van der Waals surface area contributed by atoms with Crippen LogP contribution in [-0.2, 0) is 11.2 Å². The van der Waals surface area contributed by atoms with Crippen molar-refractivity contribution in [1.82, 2.24) is 0 Å². The molecule has 0 aliphatic heterocycles. The molecule has 0 radical (unpaired) electrons. The Hall–Kier alpha value is -1.87. The van der Waals surface area contributed by atoms with Crippen molar-refractivity contribution < 1.29 is 15.0 Å². The molecule has 3 heteroatoms. The van der Waals surface area contributed by atoms with Gasteiger partial charge in [0.2, 0.25) is 0 Å². The topological polar surface area (TPSA) is 57.5 Å². The lowest BCUT2D eigenvalue weighted by atomic mass is 10.1. The molecular formula is C19H28O3. The highest BCUT2D eigenvalue weighted by Gasteiger charge is 1.96. The number of aliphatic hydroxyl groups excluding tert-OH is 1. The first-order chi connectivity index (χ1) is 10.5. The summed E-state index contributed by atoms with van der Waals surface area (Å²) in [5.41, 5.74) is 3.71. The number of aliphatic hydroxyl groups is 1. The number of rotatable bonds is 7. The molecule has 1 aromatic carbocycles. The van der Waals surface area contributed by atoms with Crippen molar-refractivity contribution in [1.29, 1.82) is 0 Å². The van der Waals surface area contributed by atoms with Gasteiger partial charge in [-0.1, -0.05) is 53.6 Å². The third-order valence-electron chi connectivity index (χ3n) is 3.00. The molecule has 1 aromatic rings. The predicted octanol–water partition coefficient (Wildman–Crippen LogP) is 4.38. The van der Waals surface area contributed by atoms with Gasteiger partial charge in [0.15, 0.2) is 0 Å². The average Bonchev–Trinajstić information content (AvgIpc) is 2.47. The van der Waals surface area contributed by atoms with Crippen LogP contribution in [0, 0.1) is 0 Å². The Labute approximate surface area is 134 Å².